The number of thioether (sulfide) groups is 1. The fourth-order valence-corrected chi connectivity index (χ4v) is 3.79. The smallest absolute Gasteiger partial charge is 0.206 e. The van der Waals surface area contributed by atoms with Crippen molar-refractivity contribution in [2.45, 2.75) is 16.5 Å². The highest BCUT2D eigenvalue weighted by molar-refractivity contribution is 9.10. The molecule has 0 fully saturated rings. The second kappa shape index (κ2) is 7.72. The zero-order valence-corrected chi connectivity index (χ0v) is 14.6. The van der Waals surface area contributed by atoms with Crippen molar-refractivity contribution in [2.24, 2.45) is 0 Å². The van der Waals surface area contributed by atoms with E-state index in [1.807, 2.05) is 31.2 Å². The summed E-state index contributed by atoms with van der Waals surface area (Å²) in [5.74, 6) is 0.0864. The van der Waals surface area contributed by atoms with Crippen molar-refractivity contribution in [1.82, 2.24) is 10.2 Å². The summed E-state index contributed by atoms with van der Waals surface area (Å²) < 4.78 is 1.74. The highest BCUT2D eigenvalue weighted by Gasteiger charge is 2.18. The Labute approximate surface area is 140 Å². The lowest BCUT2D eigenvalue weighted by atomic mass is 10.1. The van der Waals surface area contributed by atoms with Crippen LogP contribution in [0.15, 0.2) is 45.7 Å². The van der Waals surface area contributed by atoms with E-state index in [4.69, 9.17) is 0 Å². The number of aromatic nitrogens is 2. The van der Waals surface area contributed by atoms with Gasteiger partial charge in [-0.2, -0.15) is 0 Å². The van der Waals surface area contributed by atoms with Crippen LogP contribution in [0, 0.1) is 0 Å². The Hall–Kier alpha value is -1.18. The van der Waals surface area contributed by atoms with Gasteiger partial charge in [0, 0.05) is 16.6 Å². The first-order valence-electron chi connectivity index (χ1n) is 6.25. The third kappa shape index (κ3) is 4.66. The number of nitrogens with one attached hydrogen (secondary N) is 1. The number of carbonyl (C=O) groups excluding carboxylic acids is 1. The number of hydrogen-bond acceptors (Lipinski definition) is 6. The van der Waals surface area contributed by atoms with Crippen molar-refractivity contribution < 1.29 is 4.79 Å². The van der Waals surface area contributed by atoms with Crippen LogP contribution >= 0.6 is 39.0 Å². The Kier molecular flexibility index (Phi) is 5.96. The third-order valence-corrected chi connectivity index (χ3v) is 5.17. The second-order valence-corrected chi connectivity index (χ2v) is 7.66. The number of Topliss-reactive ketones (excluding diaryl/α,β-unsaturated/α-hetero) is 1. The lowest BCUT2D eigenvalue weighted by Crippen LogP contribution is -2.13. The predicted molar refractivity (Wildman–Crippen MR) is 92.4 cm³/mol. The molecule has 4 nitrogen and oxygen atoms in total. The molecular formula is C14H14BrN3OS2. The average molecular weight is 384 g/mol. The maximum absolute atomic E-state index is 12.3. The first-order valence-corrected chi connectivity index (χ1v) is 8.73. The van der Waals surface area contributed by atoms with Gasteiger partial charge in [-0.25, -0.2) is 0 Å². The van der Waals surface area contributed by atoms with Crippen LogP contribution in [0.4, 0.5) is 5.13 Å². The largest absolute Gasteiger partial charge is 0.357 e. The molecule has 0 radical (unpaired) electrons. The fraction of sp³-hybridized carbons (Fsp3) is 0.214. The lowest BCUT2D eigenvalue weighted by Gasteiger charge is -2.07. The van der Waals surface area contributed by atoms with Gasteiger partial charge in [-0.3, -0.25) is 4.79 Å². The Bertz CT molecular complexity index is 627. The van der Waals surface area contributed by atoms with Crippen molar-refractivity contribution in [2.75, 3.05) is 11.9 Å². The molecule has 0 unspecified atom stereocenters. The molecule has 7 heteroatoms. The molecule has 0 aliphatic carbocycles. The Morgan fingerprint density at radius 3 is 2.86 bits per heavy atom. The van der Waals surface area contributed by atoms with Crippen molar-refractivity contribution in [1.29, 1.82) is 0 Å². The Morgan fingerprint density at radius 2 is 2.19 bits per heavy atom. The van der Waals surface area contributed by atoms with E-state index in [9.17, 15) is 4.79 Å². The van der Waals surface area contributed by atoms with Gasteiger partial charge in [0.15, 0.2) is 10.1 Å². The maximum atomic E-state index is 12.3. The van der Waals surface area contributed by atoms with E-state index >= 15 is 0 Å². The summed E-state index contributed by atoms with van der Waals surface area (Å²) in [5, 5.41) is 11.7. The first kappa shape index (κ1) is 16.2. The van der Waals surface area contributed by atoms with Crippen LogP contribution in [-0.4, -0.2) is 27.8 Å². The first-order chi connectivity index (χ1) is 10.1. The van der Waals surface area contributed by atoms with Crippen LogP contribution in [0.3, 0.4) is 0 Å². The van der Waals surface area contributed by atoms with E-state index in [2.05, 4.69) is 38.0 Å². The third-order valence-electron chi connectivity index (χ3n) is 2.58. The SMILES string of the molecule is C=CCNc1nnc(S[C@H](C)C(=O)c2ccc(Br)cc2)s1. The topological polar surface area (TPSA) is 54.9 Å². The highest BCUT2D eigenvalue weighted by atomic mass is 79.9. The van der Waals surface area contributed by atoms with Gasteiger partial charge < -0.3 is 5.32 Å². The molecule has 1 atom stereocenters. The average Bonchev–Trinajstić information content (AvgIpc) is 2.92. The van der Waals surface area contributed by atoms with E-state index in [0.717, 1.165) is 13.9 Å². The second-order valence-electron chi connectivity index (χ2n) is 4.17. The van der Waals surface area contributed by atoms with Gasteiger partial charge in [0.05, 0.1) is 5.25 Å². The number of hydrogen-bond donors (Lipinski definition) is 1. The normalized spacial score (nSPS) is 11.9. The van der Waals surface area contributed by atoms with Gasteiger partial charge in [0.1, 0.15) is 0 Å². The van der Waals surface area contributed by atoms with Crippen LogP contribution in [0.5, 0.6) is 0 Å². The molecule has 110 valence electrons. The minimum Gasteiger partial charge on any atom is -0.357 e. The predicted octanol–water partition coefficient (Wildman–Crippen LogP) is 4.26. The number of benzene rings is 1. The van der Waals surface area contributed by atoms with Gasteiger partial charge in [-0.1, -0.05) is 57.2 Å². The van der Waals surface area contributed by atoms with Gasteiger partial charge in [0.25, 0.3) is 0 Å². The Morgan fingerprint density at radius 1 is 1.48 bits per heavy atom. The minimum atomic E-state index is -0.202. The highest BCUT2D eigenvalue weighted by Crippen LogP contribution is 2.30. The molecule has 21 heavy (non-hydrogen) atoms. The molecule has 0 saturated heterocycles. The van der Waals surface area contributed by atoms with Gasteiger partial charge in [-0.05, 0) is 19.1 Å². The number of anilines is 1. The summed E-state index contributed by atoms with van der Waals surface area (Å²) in [6.07, 6.45) is 1.76. The van der Waals surface area contributed by atoms with Crippen LogP contribution in [0.25, 0.3) is 0 Å². The number of ketones is 1. The van der Waals surface area contributed by atoms with Crippen molar-refractivity contribution in [3.63, 3.8) is 0 Å². The quantitative estimate of drug-likeness (QED) is 0.439. The van der Waals surface area contributed by atoms with Crippen molar-refractivity contribution in [3.8, 4) is 0 Å². The summed E-state index contributed by atoms with van der Waals surface area (Å²) >= 11 is 6.22. The molecule has 1 aromatic carbocycles. The zero-order chi connectivity index (χ0) is 15.2. The Balaban J connectivity index is 1.98. The van der Waals surface area contributed by atoms with Crippen LogP contribution in [-0.2, 0) is 0 Å². The van der Waals surface area contributed by atoms with E-state index in [-0.39, 0.29) is 11.0 Å². The molecule has 0 aliphatic heterocycles. The summed E-state index contributed by atoms with van der Waals surface area (Å²) in [6.45, 7) is 6.16. The molecule has 0 amide bonds. The van der Waals surface area contributed by atoms with E-state index in [1.54, 1.807) is 6.08 Å². The minimum absolute atomic E-state index is 0.0864. The molecule has 0 saturated carbocycles. The monoisotopic (exact) mass is 383 g/mol. The summed E-state index contributed by atoms with van der Waals surface area (Å²) in [7, 11) is 0. The van der Waals surface area contributed by atoms with Gasteiger partial charge >= 0.3 is 0 Å². The summed E-state index contributed by atoms with van der Waals surface area (Å²) in [4.78, 5) is 12.3. The summed E-state index contributed by atoms with van der Waals surface area (Å²) in [6, 6.07) is 7.38. The standard InChI is InChI=1S/C14H14BrN3OS2/c1-3-8-16-13-17-18-14(21-13)20-9(2)12(19)10-4-6-11(15)7-5-10/h3-7,9H,1,8H2,2H3,(H,16,17)/t9-/m1/s1. The molecule has 2 rings (SSSR count). The molecule has 1 N–H and O–H groups in total. The maximum Gasteiger partial charge on any atom is 0.206 e. The number of nitrogens with zero attached hydrogens (tertiary/aromatic N) is 2. The van der Waals surface area contributed by atoms with Crippen molar-refractivity contribution >= 4 is 49.9 Å². The molecule has 0 bridgehead atoms. The zero-order valence-electron chi connectivity index (χ0n) is 11.4. The van der Waals surface area contributed by atoms with Crippen LogP contribution in [0.2, 0.25) is 0 Å². The van der Waals surface area contributed by atoms with E-state index < -0.39 is 0 Å². The van der Waals surface area contributed by atoms with E-state index in [0.29, 0.717) is 12.1 Å². The van der Waals surface area contributed by atoms with Crippen LogP contribution in [0.1, 0.15) is 17.3 Å². The fourth-order valence-electron chi connectivity index (χ4n) is 1.54. The molecular weight excluding hydrogens is 370 g/mol. The van der Waals surface area contributed by atoms with E-state index in [1.165, 1.54) is 23.1 Å². The molecule has 1 aromatic heterocycles. The van der Waals surface area contributed by atoms with Crippen molar-refractivity contribution in [3.05, 3.63) is 47.0 Å². The molecule has 0 spiro atoms. The molecule has 0 aliphatic rings. The van der Waals surface area contributed by atoms with Gasteiger partial charge in [-0.15, -0.1) is 16.8 Å². The molecule has 1 heterocycles. The molecule has 2 aromatic rings. The number of rotatable bonds is 7. The summed E-state index contributed by atoms with van der Waals surface area (Å²) in [5.41, 5.74) is 0.702. The van der Waals surface area contributed by atoms with Crippen LogP contribution < -0.4 is 5.32 Å². The van der Waals surface area contributed by atoms with Gasteiger partial charge in [0.2, 0.25) is 5.13 Å². The number of halogens is 1. The number of carbonyl (C=O) groups is 1. The lowest BCUT2D eigenvalue weighted by molar-refractivity contribution is 0.0994.